The van der Waals surface area contributed by atoms with Crippen molar-refractivity contribution in [2.24, 2.45) is 0 Å². The molecule has 0 radical (unpaired) electrons. The van der Waals surface area contributed by atoms with Crippen LogP contribution < -0.4 is 4.90 Å². The van der Waals surface area contributed by atoms with Crippen molar-refractivity contribution in [1.82, 2.24) is 0 Å². The first kappa shape index (κ1) is 13.3. The van der Waals surface area contributed by atoms with Crippen molar-refractivity contribution < 1.29 is 10.2 Å². The Balaban J connectivity index is 2.99. The normalized spacial score (nSPS) is 11.6. The van der Waals surface area contributed by atoms with E-state index in [1.807, 2.05) is 24.1 Å². The molecule has 90 valence electrons. The van der Waals surface area contributed by atoms with Crippen LogP contribution in [0.5, 0.6) is 0 Å². The van der Waals surface area contributed by atoms with Crippen LogP contribution in [-0.4, -0.2) is 29.4 Å². The number of halogens is 1. The van der Waals surface area contributed by atoms with Crippen molar-refractivity contribution in [3.8, 4) is 0 Å². The van der Waals surface area contributed by atoms with Crippen LogP contribution in [0.15, 0.2) is 18.2 Å². The van der Waals surface area contributed by atoms with Gasteiger partial charge in [-0.05, 0) is 26.0 Å². The van der Waals surface area contributed by atoms with Gasteiger partial charge >= 0.3 is 0 Å². The zero-order chi connectivity index (χ0) is 12.3. The van der Waals surface area contributed by atoms with Gasteiger partial charge in [-0.2, -0.15) is 0 Å². The third-order valence-electron chi connectivity index (χ3n) is 2.29. The highest BCUT2D eigenvalue weighted by atomic mass is 35.5. The number of hydrogen-bond acceptors (Lipinski definition) is 3. The molecule has 1 aromatic rings. The van der Waals surface area contributed by atoms with Crippen molar-refractivity contribution in [2.75, 3.05) is 18.5 Å². The zero-order valence-corrected chi connectivity index (χ0v) is 10.6. The lowest BCUT2D eigenvalue weighted by Crippen LogP contribution is -2.36. The highest BCUT2D eigenvalue weighted by Gasteiger charge is 2.18. The van der Waals surface area contributed by atoms with Crippen LogP contribution in [-0.2, 0) is 6.61 Å². The van der Waals surface area contributed by atoms with Gasteiger partial charge in [-0.1, -0.05) is 17.7 Å². The van der Waals surface area contributed by atoms with E-state index in [1.54, 1.807) is 19.9 Å². The molecule has 0 amide bonds. The van der Waals surface area contributed by atoms with Gasteiger partial charge in [0.05, 0.1) is 12.2 Å². The summed E-state index contributed by atoms with van der Waals surface area (Å²) in [6.07, 6.45) is 0. The maximum absolute atomic E-state index is 9.75. The summed E-state index contributed by atoms with van der Waals surface area (Å²) in [7, 11) is 1.86. The summed E-state index contributed by atoms with van der Waals surface area (Å²) in [5, 5.41) is 19.6. The third kappa shape index (κ3) is 3.37. The standard InChI is InChI=1S/C12H18ClNO2/c1-12(2,16)8-14(3)11-6-4-5-10(13)9(11)7-15/h4-6,15-16H,7-8H2,1-3H3. The maximum Gasteiger partial charge on any atom is 0.0765 e. The Bertz CT molecular complexity index is 361. The van der Waals surface area contributed by atoms with E-state index in [2.05, 4.69) is 0 Å². The van der Waals surface area contributed by atoms with E-state index in [1.165, 1.54) is 0 Å². The SMILES string of the molecule is CN(CC(C)(C)O)c1cccc(Cl)c1CO. The van der Waals surface area contributed by atoms with Crippen LogP contribution in [0, 0.1) is 0 Å². The van der Waals surface area contributed by atoms with Gasteiger partial charge < -0.3 is 15.1 Å². The van der Waals surface area contributed by atoms with Crippen LogP contribution in [0.2, 0.25) is 5.02 Å². The van der Waals surface area contributed by atoms with Gasteiger partial charge in [0.1, 0.15) is 0 Å². The second-order valence-electron chi connectivity index (χ2n) is 4.56. The lowest BCUT2D eigenvalue weighted by molar-refractivity contribution is 0.0885. The van der Waals surface area contributed by atoms with Crippen molar-refractivity contribution in [2.45, 2.75) is 26.1 Å². The quantitative estimate of drug-likeness (QED) is 0.851. The van der Waals surface area contributed by atoms with Crippen LogP contribution >= 0.6 is 11.6 Å². The average Bonchev–Trinajstić information content (AvgIpc) is 2.14. The van der Waals surface area contributed by atoms with Gasteiger partial charge in [0, 0.05) is 29.9 Å². The summed E-state index contributed by atoms with van der Waals surface area (Å²) in [4.78, 5) is 1.89. The molecule has 0 unspecified atom stereocenters. The number of benzene rings is 1. The number of hydrogen-bond donors (Lipinski definition) is 2. The van der Waals surface area contributed by atoms with Crippen molar-refractivity contribution in [3.05, 3.63) is 28.8 Å². The molecule has 0 aliphatic rings. The Hall–Kier alpha value is -0.770. The first-order valence-corrected chi connectivity index (χ1v) is 5.54. The second kappa shape index (κ2) is 5.04. The van der Waals surface area contributed by atoms with Gasteiger partial charge in [-0.3, -0.25) is 0 Å². The molecule has 1 aromatic carbocycles. The van der Waals surface area contributed by atoms with E-state index >= 15 is 0 Å². The maximum atomic E-state index is 9.75. The fourth-order valence-electron chi connectivity index (χ4n) is 1.73. The highest BCUT2D eigenvalue weighted by Crippen LogP contribution is 2.27. The Morgan fingerprint density at radius 1 is 1.38 bits per heavy atom. The fourth-order valence-corrected chi connectivity index (χ4v) is 1.96. The molecule has 0 fully saturated rings. The second-order valence-corrected chi connectivity index (χ2v) is 4.97. The first-order chi connectivity index (χ1) is 7.35. The zero-order valence-electron chi connectivity index (χ0n) is 9.87. The van der Waals surface area contributed by atoms with Crippen molar-refractivity contribution in [3.63, 3.8) is 0 Å². The molecule has 0 bridgehead atoms. The minimum atomic E-state index is -0.788. The molecule has 0 aliphatic heterocycles. The Morgan fingerprint density at radius 3 is 2.50 bits per heavy atom. The van der Waals surface area contributed by atoms with E-state index in [0.29, 0.717) is 17.1 Å². The predicted molar refractivity (Wildman–Crippen MR) is 66.9 cm³/mol. The van der Waals surface area contributed by atoms with Crippen LogP contribution in [0.3, 0.4) is 0 Å². The van der Waals surface area contributed by atoms with E-state index < -0.39 is 5.60 Å². The summed E-state index contributed by atoms with van der Waals surface area (Å²) in [5.41, 5.74) is 0.747. The molecule has 1 rings (SSSR count). The first-order valence-electron chi connectivity index (χ1n) is 5.17. The monoisotopic (exact) mass is 243 g/mol. The van der Waals surface area contributed by atoms with Gasteiger partial charge in [-0.25, -0.2) is 0 Å². The highest BCUT2D eigenvalue weighted by molar-refractivity contribution is 6.31. The number of rotatable bonds is 4. The molecular weight excluding hydrogens is 226 g/mol. The van der Waals surface area contributed by atoms with Gasteiger partial charge in [0.2, 0.25) is 0 Å². The van der Waals surface area contributed by atoms with Gasteiger partial charge in [0.15, 0.2) is 0 Å². The van der Waals surface area contributed by atoms with Gasteiger partial charge in [-0.15, -0.1) is 0 Å². The topological polar surface area (TPSA) is 43.7 Å². The molecule has 2 N–H and O–H groups in total. The van der Waals surface area contributed by atoms with Crippen molar-refractivity contribution >= 4 is 17.3 Å². The van der Waals surface area contributed by atoms with Crippen molar-refractivity contribution in [1.29, 1.82) is 0 Å². The average molecular weight is 244 g/mol. The number of nitrogens with zero attached hydrogens (tertiary/aromatic N) is 1. The Labute approximate surface area is 101 Å². The molecule has 3 nitrogen and oxygen atoms in total. The van der Waals surface area contributed by atoms with E-state index in [9.17, 15) is 10.2 Å². The Morgan fingerprint density at radius 2 is 2.00 bits per heavy atom. The molecule has 0 aliphatic carbocycles. The summed E-state index contributed by atoms with van der Waals surface area (Å²) in [5.74, 6) is 0. The van der Waals surface area contributed by atoms with E-state index in [-0.39, 0.29) is 6.61 Å². The summed E-state index contributed by atoms with van der Waals surface area (Å²) in [6.45, 7) is 3.85. The van der Waals surface area contributed by atoms with Crippen LogP contribution in [0.1, 0.15) is 19.4 Å². The summed E-state index contributed by atoms with van der Waals surface area (Å²) >= 11 is 6.00. The number of anilines is 1. The Kier molecular flexibility index (Phi) is 4.19. The molecule has 0 saturated heterocycles. The van der Waals surface area contributed by atoms with Gasteiger partial charge in [0.25, 0.3) is 0 Å². The molecule has 16 heavy (non-hydrogen) atoms. The van der Waals surface area contributed by atoms with Crippen LogP contribution in [0.4, 0.5) is 5.69 Å². The third-order valence-corrected chi connectivity index (χ3v) is 2.64. The largest absolute Gasteiger partial charge is 0.392 e. The number of aliphatic hydroxyl groups is 2. The smallest absolute Gasteiger partial charge is 0.0765 e. The minimum absolute atomic E-state index is 0.106. The number of likely N-dealkylation sites (N-methyl/N-ethyl adjacent to an activating group) is 1. The van der Waals surface area contributed by atoms with E-state index in [0.717, 1.165) is 5.69 Å². The predicted octanol–water partition coefficient (Wildman–Crippen LogP) is 2.04. The minimum Gasteiger partial charge on any atom is -0.392 e. The lowest BCUT2D eigenvalue weighted by atomic mass is 10.1. The molecule has 0 spiro atoms. The lowest BCUT2D eigenvalue weighted by Gasteiger charge is -2.28. The molecule has 0 aromatic heterocycles. The van der Waals surface area contributed by atoms with Crippen LogP contribution in [0.25, 0.3) is 0 Å². The molecule has 4 heteroatoms. The molecule has 0 saturated carbocycles. The molecule has 0 heterocycles. The fraction of sp³-hybridized carbons (Fsp3) is 0.500. The number of aliphatic hydroxyl groups excluding tert-OH is 1. The summed E-state index contributed by atoms with van der Waals surface area (Å²) in [6, 6.07) is 5.45. The van der Waals surface area contributed by atoms with E-state index in [4.69, 9.17) is 11.6 Å². The summed E-state index contributed by atoms with van der Waals surface area (Å²) < 4.78 is 0. The molecular formula is C12H18ClNO2. The molecule has 0 atom stereocenters.